The summed E-state index contributed by atoms with van der Waals surface area (Å²) >= 11 is 0. The Balaban J connectivity index is 0.728. The summed E-state index contributed by atoms with van der Waals surface area (Å²) in [7, 11) is 1.97. The van der Waals surface area contributed by atoms with Gasteiger partial charge in [0.05, 0.1) is 40.4 Å². The maximum Gasteiger partial charge on any atom is 0.319 e. The second-order valence-corrected chi connectivity index (χ2v) is 22.8. The third-order valence-electron chi connectivity index (χ3n) is 17.2. The highest BCUT2D eigenvalue weighted by atomic mass is 19.1. The van der Waals surface area contributed by atoms with Crippen molar-refractivity contribution in [3.05, 3.63) is 76.6 Å². The second kappa shape index (κ2) is 18.8. The van der Waals surface area contributed by atoms with Crippen LogP contribution in [0.3, 0.4) is 0 Å². The molecule has 2 atom stereocenters. The molecule has 2 saturated carbocycles. The van der Waals surface area contributed by atoms with Gasteiger partial charge in [0.25, 0.3) is 0 Å². The number of ether oxygens (including phenoxy) is 1. The number of hydrogen-bond donors (Lipinski definition) is 3. The largest absolute Gasteiger partial charge is 0.508 e. The number of imide groups is 1. The van der Waals surface area contributed by atoms with Crippen LogP contribution in [0.5, 0.6) is 11.8 Å². The van der Waals surface area contributed by atoms with Crippen LogP contribution < -0.4 is 15.0 Å². The van der Waals surface area contributed by atoms with Gasteiger partial charge in [-0.3, -0.25) is 19.6 Å². The summed E-state index contributed by atoms with van der Waals surface area (Å²) in [4.78, 5) is 46.9. The number of nitrogens with zero attached hydrogens (tertiary/aromatic N) is 8. The lowest BCUT2D eigenvalue weighted by Gasteiger charge is -2.39. The second-order valence-electron chi connectivity index (χ2n) is 22.8. The zero-order chi connectivity index (χ0) is 50.3. The first kappa shape index (κ1) is 48.1. The number of pyridine rings is 1. The minimum atomic E-state index is -0.962. The van der Waals surface area contributed by atoms with Crippen molar-refractivity contribution in [2.45, 2.75) is 121 Å². The molecule has 3 N–H and O–H groups in total. The third kappa shape index (κ3) is 9.30. The summed E-state index contributed by atoms with van der Waals surface area (Å²) in [5.74, 6) is -0.388. The van der Waals surface area contributed by atoms with Crippen molar-refractivity contribution < 1.29 is 33.3 Å². The van der Waals surface area contributed by atoms with Gasteiger partial charge in [0, 0.05) is 61.9 Å². The number of para-hydroxylation sites is 1. The molecule has 6 fully saturated rings. The quantitative estimate of drug-likeness (QED) is 0.0945. The third-order valence-corrected chi connectivity index (χ3v) is 17.2. The number of phenols is 1. The zero-order valence-electron chi connectivity index (χ0n) is 42.4. The lowest BCUT2D eigenvalue weighted by atomic mass is 9.86. The number of aromatic nitrogens is 5. The number of fused-ring (bicyclic) bond motifs is 3. The number of anilines is 1. The molecule has 7 heterocycles. The number of carbonyl (C=O) groups is 2. The number of piperidine rings is 4. The van der Waals surface area contributed by atoms with E-state index in [2.05, 4.69) is 33.3 Å². The van der Waals surface area contributed by atoms with Gasteiger partial charge < -0.3 is 29.6 Å². The predicted octanol–water partition coefficient (Wildman–Crippen LogP) is 8.78. The highest BCUT2D eigenvalue weighted by Gasteiger charge is 2.46. The van der Waals surface area contributed by atoms with Crippen LogP contribution in [-0.2, 0) is 23.1 Å². The highest BCUT2D eigenvalue weighted by Crippen LogP contribution is 2.50. The number of benzene rings is 3. The van der Waals surface area contributed by atoms with E-state index in [0.717, 1.165) is 114 Å². The van der Waals surface area contributed by atoms with E-state index < -0.39 is 23.2 Å². The summed E-state index contributed by atoms with van der Waals surface area (Å²) in [5, 5.41) is 32.2. The van der Waals surface area contributed by atoms with Crippen molar-refractivity contribution in [3.63, 3.8) is 0 Å². The van der Waals surface area contributed by atoms with E-state index >= 15 is 8.78 Å². The Morgan fingerprint density at radius 1 is 0.863 bits per heavy atom. The van der Waals surface area contributed by atoms with E-state index in [4.69, 9.17) is 24.8 Å². The number of carbonyl (C=O) groups excluding carboxylic acids is 2. The van der Waals surface area contributed by atoms with Gasteiger partial charge in [0.15, 0.2) is 5.82 Å². The number of likely N-dealkylation sites (tertiary alicyclic amines) is 2. The van der Waals surface area contributed by atoms with Crippen LogP contribution in [-0.4, -0.2) is 121 Å². The van der Waals surface area contributed by atoms with E-state index in [9.17, 15) is 19.8 Å². The van der Waals surface area contributed by atoms with E-state index in [1.54, 1.807) is 12.1 Å². The summed E-state index contributed by atoms with van der Waals surface area (Å²) in [5.41, 5.74) is 3.69. The van der Waals surface area contributed by atoms with Crippen LogP contribution >= 0.6 is 0 Å². The summed E-state index contributed by atoms with van der Waals surface area (Å²) in [6, 6.07) is 12.5. The maximum atomic E-state index is 17.6. The number of halogens is 2. The number of nitrogens with one attached hydrogen (secondary N) is 1. The number of hydrogen-bond acceptors (Lipinski definition) is 12. The minimum Gasteiger partial charge on any atom is -0.508 e. The van der Waals surface area contributed by atoms with Gasteiger partial charge in [-0.05, 0) is 162 Å². The lowest BCUT2D eigenvalue weighted by molar-refractivity contribution is -0.134. The van der Waals surface area contributed by atoms with E-state index in [-0.39, 0.29) is 46.1 Å². The number of amides is 2. The number of aliphatic hydroxyl groups is 1. The predicted molar refractivity (Wildman–Crippen MR) is 276 cm³/mol. The molecule has 4 saturated heterocycles. The molecular formula is C57H67F2N9O5. The van der Waals surface area contributed by atoms with Crippen molar-refractivity contribution in [2.24, 2.45) is 18.4 Å². The molecule has 6 aromatic rings. The molecule has 0 spiro atoms. The molecule has 0 radical (unpaired) electrons. The van der Waals surface area contributed by atoms with Gasteiger partial charge in [0.1, 0.15) is 28.6 Å². The van der Waals surface area contributed by atoms with Gasteiger partial charge in [-0.2, -0.15) is 15.1 Å². The molecule has 12 rings (SSSR count). The topological polar surface area (TPSA) is 162 Å². The molecule has 6 aliphatic rings. The summed E-state index contributed by atoms with van der Waals surface area (Å²) < 4.78 is 41.5. The Kier molecular flexibility index (Phi) is 12.4. The smallest absolute Gasteiger partial charge is 0.319 e. The molecule has 14 nitrogen and oxygen atoms in total. The Labute approximate surface area is 424 Å². The normalized spacial score (nSPS) is 23.5. The molecule has 2 aliphatic carbocycles. The van der Waals surface area contributed by atoms with Crippen molar-refractivity contribution >= 4 is 50.2 Å². The van der Waals surface area contributed by atoms with Gasteiger partial charge in [-0.25, -0.2) is 13.8 Å². The van der Waals surface area contributed by atoms with Crippen LogP contribution in [0.25, 0.3) is 43.8 Å². The van der Waals surface area contributed by atoms with Crippen molar-refractivity contribution in [3.8, 4) is 23.0 Å². The standard InChI is InChI=1S/C57H67F2N9O5/c1-4-38-43(58)13-11-36-27-37(69)28-42(45(36)38)50-47(59)51-46(48(61-50)35-9-10-35)53(68-22-6-19-56(2,72)30-68)63-55(62-51)73-32-57(20-21-57)31-67-23-15-33(16-24-67)29-66-25-17-34(18-26-66)39-7-5-8-40-49(64-65(3)52(39)40)41-12-14-44(70)60-54(41)71/h5,7-8,11,13,27-28,33-35,41,69,72H,4,6,9-10,12,14-26,29-32H2,1-3H3,(H,60,70,71)/t41?,56-/m1/s1. The first-order chi connectivity index (χ1) is 35.2. The van der Waals surface area contributed by atoms with E-state index in [1.165, 1.54) is 17.7 Å². The monoisotopic (exact) mass is 996 g/mol. The van der Waals surface area contributed by atoms with Gasteiger partial charge in [-0.15, -0.1) is 0 Å². The van der Waals surface area contributed by atoms with Gasteiger partial charge in [0.2, 0.25) is 11.8 Å². The van der Waals surface area contributed by atoms with Crippen molar-refractivity contribution in [2.75, 3.05) is 63.9 Å². The number of β-amino-alcohol motifs (C(OH)–C–C–N with tert-alkyl or cyclic N) is 1. The van der Waals surface area contributed by atoms with Crippen LogP contribution in [0.2, 0.25) is 0 Å². The molecule has 3 aromatic heterocycles. The number of phenolic OH excluding ortho intramolecular Hbond substituents is 1. The van der Waals surface area contributed by atoms with Crippen molar-refractivity contribution in [1.29, 1.82) is 0 Å². The average molecular weight is 996 g/mol. The van der Waals surface area contributed by atoms with Crippen LogP contribution in [0, 0.1) is 23.0 Å². The highest BCUT2D eigenvalue weighted by molar-refractivity contribution is 6.04. The van der Waals surface area contributed by atoms with E-state index in [0.29, 0.717) is 96.0 Å². The SMILES string of the molecule is CCc1c(F)ccc2cc(O)cc(-c3nc(C4CC4)c4c(N5CCC[C@@](C)(O)C5)nc(OCC5(CN6CCC(CN7CCC(c8cccc9c(C%10CCC(=O)NC%10=O)nn(C)c89)CC7)CC6)CC5)nc4c3F)c12. The summed E-state index contributed by atoms with van der Waals surface area (Å²) in [6.45, 7) is 11.2. The Bertz CT molecular complexity index is 3150. The fourth-order valence-corrected chi connectivity index (χ4v) is 13.0. The molecule has 73 heavy (non-hydrogen) atoms. The number of rotatable bonds is 13. The van der Waals surface area contributed by atoms with Crippen LogP contribution in [0.15, 0.2) is 42.5 Å². The molecule has 2 amide bonds. The minimum absolute atomic E-state index is 0.0190. The fourth-order valence-electron chi connectivity index (χ4n) is 13.0. The fraction of sp³-hybridized carbons (Fsp3) is 0.544. The molecule has 0 bridgehead atoms. The number of aryl methyl sites for hydroxylation is 2. The molecule has 4 aliphatic heterocycles. The lowest BCUT2D eigenvalue weighted by Crippen LogP contribution is -2.46. The van der Waals surface area contributed by atoms with Gasteiger partial charge >= 0.3 is 6.01 Å². The zero-order valence-corrected chi connectivity index (χ0v) is 42.4. The van der Waals surface area contributed by atoms with Crippen LogP contribution in [0.4, 0.5) is 14.6 Å². The Hall–Kier alpha value is -5.84. The molecule has 16 heteroatoms. The van der Waals surface area contributed by atoms with Crippen LogP contribution in [0.1, 0.15) is 131 Å². The first-order valence-corrected chi connectivity index (χ1v) is 26.9. The Morgan fingerprint density at radius 2 is 1.64 bits per heavy atom. The van der Waals surface area contributed by atoms with Crippen molar-refractivity contribution in [1.82, 2.24) is 39.8 Å². The molecule has 3 aromatic carbocycles. The van der Waals surface area contributed by atoms with Gasteiger partial charge in [-0.1, -0.05) is 31.2 Å². The molecule has 384 valence electrons. The number of aromatic hydroxyl groups is 1. The summed E-state index contributed by atoms with van der Waals surface area (Å²) in [6.07, 6.45) is 10.8. The maximum absolute atomic E-state index is 17.6. The average Bonchev–Trinajstić information content (AvgIpc) is 4.33. The van der Waals surface area contributed by atoms with E-state index in [1.807, 2.05) is 30.5 Å². The molecule has 1 unspecified atom stereocenters. The molecular weight excluding hydrogens is 929 g/mol. The first-order valence-electron chi connectivity index (χ1n) is 26.9. The Morgan fingerprint density at radius 3 is 2.37 bits per heavy atom.